The van der Waals surface area contributed by atoms with E-state index in [0.29, 0.717) is 29.2 Å². The summed E-state index contributed by atoms with van der Waals surface area (Å²) in [6.07, 6.45) is 4.11. The number of carbonyl (C=O) groups excluding carboxylic acids is 2. The van der Waals surface area contributed by atoms with Gasteiger partial charge in [-0.1, -0.05) is 17.7 Å². The first-order chi connectivity index (χ1) is 13.5. The van der Waals surface area contributed by atoms with Crippen LogP contribution < -0.4 is 10.1 Å². The molecule has 0 saturated carbocycles. The second-order valence-corrected chi connectivity index (χ2v) is 7.77. The Labute approximate surface area is 165 Å². The van der Waals surface area contributed by atoms with Crippen LogP contribution in [0.4, 0.5) is 5.69 Å². The largest absolute Gasteiger partial charge is 0.493 e. The molecule has 28 heavy (non-hydrogen) atoms. The molecule has 1 saturated heterocycles. The van der Waals surface area contributed by atoms with Gasteiger partial charge in [0.25, 0.3) is 11.8 Å². The van der Waals surface area contributed by atoms with E-state index in [1.807, 2.05) is 36.9 Å². The van der Waals surface area contributed by atoms with Gasteiger partial charge in [-0.05, 0) is 62.9 Å². The van der Waals surface area contributed by atoms with Crippen molar-refractivity contribution in [3.05, 3.63) is 58.7 Å². The number of nitrogens with zero attached hydrogens (tertiary/aromatic N) is 1. The lowest BCUT2D eigenvalue weighted by molar-refractivity contribution is 0.0548. The third kappa shape index (κ3) is 3.61. The average Bonchev–Trinajstić information content (AvgIpc) is 2.67. The number of nitrogens with one attached hydrogen (secondary N) is 1. The zero-order valence-electron chi connectivity index (χ0n) is 16.5. The first kappa shape index (κ1) is 18.5. The van der Waals surface area contributed by atoms with Gasteiger partial charge < -0.3 is 15.0 Å². The predicted molar refractivity (Wildman–Crippen MR) is 109 cm³/mol. The number of hydrogen-bond donors (Lipinski definition) is 1. The SMILES string of the molecule is Cc1ccc(C(=O)Nc2ccc3c(c2)C(=O)N2CCCCC2CCO3)c(C)c1. The fraction of sp³-hybridized carbons (Fsp3) is 0.391. The number of fused-ring (bicyclic) bond motifs is 2. The molecule has 2 amide bonds. The van der Waals surface area contributed by atoms with Crippen LogP contribution in [0.2, 0.25) is 0 Å². The molecule has 0 aliphatic carbocycles. The molecule has 0 bridgehead atoms. The van der Waals surface area contributed by atoms with Crippen molar-refractivity contribution >= 4 is 17.5 Å². The van der Waals surface area contributed by atoms with Gasteiger partial charge in [-0.3, -0.25) is 9.59 Å². The molecule has 0 aromatic heterocycles. The molecule has 2 aromatic rings. The molecule has 146 valence electrons. The Morgan fingerprint density at radius 2 is 1.96 bits per heavy atom. The third-order valence-corrected chi connectivity index (χ3v) is 5.69. The summed E-state index contributed by atoms with van der Waals surface area (Å²) in [5, 5.41) is 2.93. The van der Waals surface area contributed by atoms with Crippen molar-refractivity contribution in [2.24, 2.45) is 0 Å². The molecule has 1 fully saturated rings. The highest BCUT2D eigenvalue weighted by molar-refractivity contribution is 6.06. The van der Waals surface area contributed by atoms with Gasteiger partial charge in [-0.2, -0.15) is 0 Å². The van der Waals surface area contributed by atoms with E-state index in [0.717, 1.165) is 43.4 Å². The third-order valence-electron chi connectivity index (χ3n) is 5.69. The number of piperidine rings is 1. The monoisotopic (exact) mass is 378 g/mol. The molecule has 5 heteroatoms. The van der Waals surface area contributed by atoms with Crippen LogP contribution in [-0.4, -0.2) is 35.9 Å². The summed E-state index contributed by atoms with van der Waals surface area (Å²) < 4.78 is 5.86. The zero-order valence-corrected chi connectivity index (χ0v) is 16.5. The molecule has 0 spiro atoms. The van der Waals surface area contributed by atoms with Gasteiger partial charge in [-0.25, -0.2) is 0 Å². The van der Waals surface area contributed by atoms with E-state index in [9.17, 15) is 9.59 Å². The highest BCUT2D eigenvalue weighted by atomic mass is 16.5. The summed E-state index contributed by atoms with van der Waals surface area (Å²) in [7, 11) is 0. The van der Waals surface area contributed by atoms with Crippen LogP contribution in [-0.2, 0) is 0 Å². The molecular weight excluding hydrogens is 352 g/mol. The molecule has 1 N–H and O–H groups in total. The topological polar surface area (TPSA) is 58.6 Å². The van der Waals surface area contributed by atoms with Crippen molar-refractivity contribution < 1.29 is 14.3 Å². The van der Waals surface area contributed by atoms with Gasteiger partial charge >= 0.3 is 0 Å². The van der Waals surface area contributed by atoms with Crippen molar-refractivity contribution in [3.8, 4) is 5.75 Å². The minimum Gasteiger partial charge on any atom is -0.493 e. The Kier molecular flexibility index (Phi) is 5.07. The average molecular weight is 378 g/mol. The number of amides is 2. The molecule has 1 unspecified atom stereocenters. The fourth-order valence-corrected chi connectivity index (χ4v) is 4.20. The Balaban J connectivity index is 1.60. The van der Waals surface area contributed by atoms with Gasteiger partial charge in [-0.15, -0.1) is 0 Å². The number of rotatable bonds is 2. The van der Waals surface area contributed by atoms with E-state index in [2.05, 4.69) is 5.32 Å². The standard InChI is InChI=1S/C23H26N2O3/c1-15-6-8-19(16(2)13-15)22(26)24-17-7-9-21-20(14-17)23(27)25-11-4-3-5-18(25)10-12-28-21/h6-9,13-14,18H,3-5,10-12H2,1-2H3,(H,24,26). The summed E-state index contributed by atoms with van der Waals surface area (Å²) in [5.74, 6) is 0.424. The summed E-state index contributed by atoms with van der Waals surface area (Å²) in [6, 6.07) is 11.3. The van der Waals surface area contributed by atoms with Gasteiger partial charge in [0.05, 0.1) is 12.2 Å². The van der Waals surface area contributed by atoms with E-state index < -0.39 is 0 Å². The Hall–Kier alpha value is -2.82. The number of aryl methyl sites for hydroxylation is 2. The molecule has 5 nitrogen and oxygen atoms in total. The lowest BCUT2D eigenvalue weighted by Gasteiger charge is -2.37. The van der Waals surface area contributed by atoms with Crippen molar-refractivity contribution in [2.75, 3.05) is 18.5 Å². The van der Waals surface area contributed by atoms with Crippen molar-refractivity contribution in [2.45, 2.75) is 45.6 Å². The summed E-state index contributed by atoms with van der Waals surface area (Å²) in [6.45, 7) is 5.33. The first-order valence-electron chi connectivity index (χ1n) is 9.99. The van der Waals surface area contributed by atoms with Crippen LogP contribution in [0.1, 0.15) is 57.5 Å². The highest BCUT2D eigenvalue weighted by Crippen LogP contribution is 2.31. The fourth-order valence-electron chi connectivity index (χ4n) is 4.20. The molecule has 2 aliphatic heterocycles. The summed E-state index contributed by atoms with van der Waals surface area (Å²) >= 11 is 0. The normalized spacial score (nSPS) is 19.0. The maximum absolute atomic E-state index is 13.2. The second-order valence-electron chi connectivity index (χ2n) is 7.77. The van der Waals surface area contributed by atoms with Gasteiger partial charge in [0.2, 0.25) is 0 Å². The van der Waals surface area contributed by atoms with Crippen LogP contribution in [0.15, 0.2) is 36.4 Å². The summed E-state index contributed by atoms with van der Waals surface area (Å²) in [5.41, 5.74) is 3.82. The van der Waals surface area contributed by atoms with Gasteiger partial charge in [0.1, 0.15) is 5.75 Å². The van der Waals surface area contributed by atoms with Crippen LogP contribution in [0.5, 0.6) is 5.75 Å². The zero-order chi connectivity index (χ0) is 19.7. The first-order valence-corrected chi connectivity index (χ1v) is 9.99. The number of anilines is 1. The Morgan fingerprint density at radius 1 is 1.11 bits per heavy atom. The van der Waals surface area contributed by atoms with E-state index in [1.165, 1.54) is 0 Å². The molecule has 1 atom stereocenters. The smallest absolute Gasteiger partial charge is 0.257 e. The molecule has 2 aromatic carbocycles. The van der Waals surface area contributed by atoms with Crippen molar-refractivity contribution in [1.82, 2.24) is 4.90 Å². The lowest BCUT2D eigenvalue weighted by Crippen LogP contribution is -2.45. The van der Waals surface area contributed by atoms with Gasteiger partial charge in [0.15, 0.2) is 0 Å². The highest BCUT2D eigenvalue weighted by Gasteiger charge is 2.31. The quantitative estimate of drug-likeness (QED) is 0.846. The van der Waals surface area contributed by atoms with Crippen LogP contribution in [0, 0.1) is 13.8 Å². The maximum atomic E-state index is 13.2. The summed E-state index contributed by atoms with van der Waals surface area (Å²) in [4.78, 5) is 27.9. The van der Waals surface area contributed by atoms with Crippen molar-refractivity contribution in [1.29, 1.82) is 0 Å². The number of benzene rings is 2. The van der Waals surface area contributed by atoms with E-state index in [1.54, 1.807) is 18.2 Å². The number of carbonyl (C=O) groups is 2. The molecule has 2 heterocycles. The maximum Gasteiger partial charge on any atom is 0.257 e. The molecule has 4 rings (SSSR count). The number of hydrogen-bond acceptors (Lipinski definition) is 3. The minimum absolute atomic E-state index is 0.00187. The Morgan fingerprint density at radius 3 is 2.79 bits per heavy atom. The molecule has 2 aliphatic rings. The van der Waals surface area contributed by atoms with Crippen LogP contribution in [0.25, 0.3) is 0 Å². The van der Waals surface area contributed by atoms with Crippen LogP contribution in [0.3, 0.4) is 0 Å². The lowest BCUT2D eigenvalue weighted by atomic mass is 9.97. The van der Waals surface area contributed by atoms with E-state index >= 15 is 0 Å². The second kappa shape index (κ2) is 7.66. The Bertz CT molecular complexity index is 922. The number of ether oxygens (including phenoxy) is 1. The van der Waals surface area contributed by atoms with E-state index in [-0.39, 0.29) is 17.9 Å². The van der Waals surface area contributed by atoms with Crippen molar-refractivity contribution in [3.63, 3.8) is 0 Å². The molecular formula is C23H26N2O3. The minimum atomic E-state index is -0.174. The van der Waals surface area contributed by atoms with Gasteiger partial charge in [0, 0.05) is 30.3 Å². The predicted octanol–water partition coefficient (Wildman–Crippen LogP) is 4.33. The molecule has 0 radical (unpaired) electrons. The van der Waals surface area contributed by atoms with Crippen LogP contribution >= 0.6 is 0 Å². The van der Waals surface area contributed by atoms with E-state index in [4.69, 9.17) is 4.74 Å².